The normalized spacial score (nSPS) is 12.7. The molecule has 0 fully saturated rings. The van der Waals surface area contributed by atoms with E-state index in [1.165, 1.54) is 24.3 Å². The second kappa shape index (κ2) is 6.50. The van der Waals surface area contributed by atoms with Gasteiger partial charge in [0.1, 0.15) is 11.5 Å². The fourth-order valence-electron chi connectivity index (χ4n) is 2.04. The number of hydrogen-bond acceptors (Lipinski definition) is 2. The Bertz CT molecular complexity index is 763. The molecular weight excluding hydrogens is 373 g/mol. The van der Waals surface area contributed by atoms with Crippen LogP contribution in [-0.4, -0.2) is 23.4 Å². The van der Waals surface area contributed by atoms with Crippen molar-refractivity contribution in [2.24, 2.45) is 0 Å². The zero-order valence-corrected chi connectivity index (χ0v) is 12.5. The third kappa shape index (κ3) is 3.58. The number of aromatic carboxylic acids is 1. The molecule has 10 heteroatoms. The lowest BCUT2D eigenvalue weighted by Gasteiger charge is -2.30. The first-order valence-electron chi connectivity index (χ1n) is 6.80. The van der Waals surface area contributed by atoms with E-state index in [4.69, 9.17) is 9.84 Å². The van der Waals surface area contributed by atoms with E-state index in [1.807, 2.05) is 0 Å². The standard InChI is InChI=1S/C16H9F7O3/c17-14(15(18,19)20,16(21,22)23)10-3-7-12(8-4-10)26-11-5-1-9(2-6-11)13(24)25/h1-8H,(H,24,25). The molecule has 0 bridgehead atoms. The van der Waals surface area contributed by atoms with E-state index in [0.717, 1.165) is 12.1 Å². The summed E-state index contributed by atoms with van der Waals surface area (Å²) in [7, 11) is 0. The molecule has 0 aliphatic carbocycles. The van der Waals surface area contributed by atoms with Crippen molar-refractivity contribution in [3.63, 3.8) is 0 Å². The predicted octanol–water partition coefficient (Wildman–Crippen LogP) is 5.47. The molecule has 0 saturated carbocycles. The van der Waals surface area contributed by atoms with E-state index in [2.05, 4.69) is 0 Å². The summed E-state index contributed by atoms with van der Waals surface area (Å²) in [4.78, 5) is 10.7. The highest BCUT2D eigenvalue weighted by molar-refractivity contribution is 5.87. The minimum atomic E-state index is -6.19. The summed E-state index contributed by atoms with van der Waals surface area (Å²) in [6.07, 6.45) is -12.4. The van der Waals surface area contributed by atoms with Crippen LogP contribution < -0.4 is 4.74 Å². The third-order valence-corrected chi connectivity index (χ3v) is 3.37. The highest BCUT2D eigenvalue weighted by Crippen LogP contribution is 2.53. The number of hydrogen-bond donors (Lipinski definition) is 1. The average Bonchev–Trinajstić information content (AvgIpc) is 2.53. The van der Waals surface area contributed by atoms with Gasteiger partial charge < -0.3 is 9.84 Å². The van der Waals surface area contributed by atoms with Gasteiger partial charge in [-0.15, -0.1) is 0 Å². The van der Waals surface area contributed by atoms with Crippen molar-refractivity contribution in [1.29, 1.82) is 0 Å². The molecule has 0 aliphatic rings. The Morgan fingerprint density at radius 1 is 0.731 bits per heavy atom. The summed E-state index contributed by atoms with van der Waals surface area (Å²) in [6.45, 7) is 0. The lowest BCUT2D eigenvalue weighted by atomic mass is 9.94. The van der Waals surface area contributed by atoms with Crippen LogP contribution in [0.15, 0.2) is 48.5 Å². The molecule has 0 radical (unpaired) electrons. The zero-order valence-electron chi connectivity index (χ0n) is 12.5. The van der Waals surface area contributed by atoms with E-state index < -0.39 is 29.6 Å². The highest BCUT2D eigenvalue weighted by Gasteiger charge is 2.73. The SMILES string of the molecule is O=C(O)c1ccc(Oc2ccc(C(F)(C(F)(F)F)C(F)(F)F)cc2)cc1. The molecule has 3 nitrogen and oxygen atoms in total. The van der Waals surface area contributed by atoms with Crippen LogP contribution in [0.3, 0.4) is 0 Å². The number of carboxylic acid groups (broad SMARTS) is 1. The number of carbonyl (C=O) groups is 1. The minimum absolute atomic E-state index is 0.0507. The lowest BCUT2D eigenvalue weighted by molar-refractivity contribution is -0.348. The quantitative estimate of drug-likeness (QED) is 0.714. The van der Waals surface area contributed by atoms with Crippen molar-refractivity contribution in [1.82, 2.24) is 0 Å². The van der Waals surface area contributed by atoms with Crippen LogP contribution in [0.25, 0.3) is 0 Å². The molecule has 0 spiro atoms. The zero-order chi connectivity index (χ0) is 19.8. The van der Waals surface area contributed by atoms with Crippen LogP contribution in [0.5, 0.6) is 11.5 Å². The molecule has 0 heterocycles. The molecule has 0 atom stereocenters. The summed E-state index contributed by atoms with van der Waals surface area (Å²) in [6, 6.07) is 6.98. The van der Waals surface area contributed by atoms with Gasteiger partial charge >= 0.3 is 24.0 Å². The van der Waals surface area contributed by atoms with E-state index >= 15 is 0 Å². The minimum Gasteiger partial charge on any atom is -0.478 e. The lowest BCUT2D eigenvalue weighted by Crippen LogP contribution is -2.50. The molecule has 0 amide bonds. The Labute approximate surface area is 141 Å². The molecule has 0 aliphatic heterocycles. The van der Waals surface area contributed by atoms with Gasteiger partial charge in [0.25, 0.3) is 0 Å². The fraction of sp³-hybridized carbons (Fsp3) is 0.188. The fourth-order valence-corrected chi connectivity index (χ4v) is 2.04. The smallest absolute Gasteiger partial charge is 0.435 e. The Morgan fingerprint density at radius 2 is 1.12 bits per heavy atom. The topological polar surface area (TPSA) is 46.5 Å². The van der Waals surface area contributed by atoms with Crippen LogP contribution in [0.2, 0.25) is 0 Å². The highest BCUT2D eigenvalue weighted by atomic mass is 19.4. The average molecular weight is 382 g/mol. The summed E-state index contributed by atoms with van der Waals surface area (Å²) < 4.78 is 95.0. The van der Waals surface area contributed by atoms with E-state index in [0.29, 0.717) is 12.1 Å². The summed E-state index contributed by atoms with van der Waals surface area (Å²) >= 11 is 0. The van der Waals surface area contributed by atoms with Crippen molar-refractivity contribution in [3.05, 3.63) is 59.7 Å². The predicted molar refractivity (Wildman–Crippen MR) is 74.8 cm³/mol. The van der Waals surface area contributed by atoms with Crippen LogP contribution in [0, 0.1) is 0 Å². The van der Waals surface area contributed by atoms with Crippen LogP contribution in [0.1, 0.15) is 15.9 Å². The number of alkyl halides is 7. The van der Waals surface area contributed by atoms with Gasteiger partial charge in [0.15, 0.2) is 0 Å². The van der Waals surface area contributed by atoms with Crippen molar-refractivity contribution in [2.45, 2.75) is 18.0 Å². The summed E-state index contributed by atoms with van der Waals surface area (Å²) in [5.74, 6) is -1.27. The van der Waals surface area contributed by atoms with Gasteiger partial charge in [-0.05, 0) is 36.4 Å². The van der Waals surface area contributed by atoms with Crippen molar-refractivity contribution >= 4 is 5.97 Å². The molecule has 2 rings (SSSR count). The molecule has 0 unspecified atom stereocenters. The molecule has 2 aromatic carbocycles. The summed E-state index contributed by atoms with van der Waals surface area (Å²) in [5, 5.41) is 8.74. The summed E-state index contributed by atoms with van der Waals surface area (Å²) in [5.41, 5.74) is -7.20. The van der Waals surface area contributed by atoms with E-state index in [-0.39, 0.29) is 17.1 Å². The Hall–Kier alpha value is -2.78. The second-order valence-corrected chi connectivity index (χ2v) is 5.11. The molecule has 140 valence electrons. The Morgan fingerprint density at radius 3 is 1.46 bits per heavy atom. The van der Waals surface area contributed by atoms with E-state index in [1.54, 1.807) is 0 Å². The second-order valence-electron chi connectivity index (χ2n) is 5.11. The van der Waals surface area contributed by atoms with Gasteiger partial charge in [0.05, 0.1) is 5.56 Å². The van der Waals surface area contributed by atoms with Gasteiger partial charge in [-0.25, -0.2) is 9.18 Å². The maximum Gasteiger partial charge on any atom is 0.435 e. The van der Waals surface area contributed by atoms with Crippen LogP contribution >= 0.6 is 0 Å². The molecule has 26 heavy (non-hydrogen) atoms. The number of carboxylic acids is 1. The van der Waals surface area contributed by atoms with E-state index in [9.17, 15) is 35.5 Å². The first-order chi connectivity index (χ1) is 11.9. The van der Waals surface area contributed by atoms with Gasteiger partial charge in [-0.2, -0.15) is 26.3 Å². The maximum atomic E-state index is 13.9. The number of halogens is 7. The molecule has 0 saturated heterocycles. The van der Waals surface area contributed by atoms with Crippen LogP contribution in [-0.2, 0) is 5.67 Å². The number of ether oxygens (including phenoxy) is 1. The number of rotatable bonds is 4. The largest absolute Gasteiger partial charge is 0.478 e. The molecule has 2 aromatic rings. The van der Waals surface area contributed by atoms with Gasteiger partial charge in [-0.3, -0.25) is 0 Å². The maximum absolute atomic E-state index is 13.9. The van der Waals surface area contributed by atoms with Crippen molar-refractivity contribution in [3.8, 4) is 11.5 Å². The van der Waals surface area contributed by atoms with Gasteiger partial charge in [0, 0.05) is 5.56 Å². The monoisotopic (exact) mass is 382 g/mol. The van der Waals surface area contributed by atoms with Crippen LogP contribution in [0.4, 0.5) is 30.7 Å². The van der Waals surface area contributed by atoms with Gasteiger partial charge in [-0.1, -0.05) is 12.1 Å². The van der Waals surface area contributed by atoms with Crippen molar-refractivity contribution < 1.29 is 45.4 Å². The third-order valence-electron chi connectivity index (χ3n) is 3.37. The first-order valence-corrected chi connectivity index (χ1v) is 6.80. The Kier molecular flexibility index (Phi) is 4.89. The molecule has 1 N–H and O–H groups in total. The molecule has 0 aromatic heterocycles. The first kappa shape index (κ1) is 19.5. The molecular formula is C16H9F7O3. The van der Waals surface area contributed by atoms with Gasteiger partial charge in [0.2, 0.25) is 0 Å². The Balaban J connectivity index is 2.28. The van der Waals surface area contributed by atoms with Crippen molar-refractivity contribution in [2.75, 3.05) is 0 Å². The number of benzene rings is 2.